The number of rotatable bonds is 2. The normalized spacial score (nSPS) is 10.6. The van der Waals surface area contributed by atoms with Gasteiger partial charge in [0.2, 0.25) is 0 Å². The molecule has 2 aromatic rings. The highest BCUT2D eigenvalue weighted by Gasteiger charge is 2.09. The summed E-state index contributed by atoms with van der Waals surface area (Å²) in [5, 5.41) is 9.81. The van der Waals surface area contributed by atoms with Gasteiger partial charge in [-0.15, -0.1) is 10.2 Å². The fourth-order valence-corrected chi connectivity index (χ4v) is 2.78. The fraction of sp³-hybridized carbons (Fsp3) is 0.111. The molecule has 0 aliphatic carbocycles. The van der Waals surface area contributed by atoms with E-state index < -0.39 is 0 Å². The van der Waals surface area contributed by atoms with Crippen molar-refractivity contribution < 1.29 is 0 Å². The Bertz CT molecular complexity index is 484. The summed E-state index contributed by atoms with van der Waals surface area (Å²) in [6.45, 7) is 0.434. The summed E-state index contributed by atoms with van der Waals surface area (Å²) in [6, 6.07) is 5.95. The second-order valence-corrected chi connectivity index (χ2v) is 5.66. The molecule has 2 N–H and O–H groups in total. The summed E-state index contributed by atoms with van der Waals surface area (Å²) in [5.41, 5.74) is 6.53. The van der Waals surface area contributed by atoms with Gasteiger partial charge in [-0.3, -0.25) is 0 Å². The lowest BCUT2D eigenvalue weighted by atomic mass is 10.2. The maximum absolute atomic E-state index is 5.50. The van der Waals surface area contributed by atoms with E-state index in [0.717, 1.165) is 24.5 Å². The fourth-order valence-electron chi connectivity index (χ4n) is 1.11. The molecule has 0 unspecified atom stereocenters. The number of halogens is 2. The summed E-state index contributed by atoms with van der Waals surface area (Å²) < 4.78 is 2.02. The molecule has 0 atom stereocenters. The lowest BCUT2D eigenvalue weighted by Crippen LogP contribution is -1.94. The van der Waals surface area contributed by atoms with Gasteiger partial charge < -0.3 is 5.73 Å². The molecule has 0 radical (unpaired) electrons. The molecule has 3 nitrogen and oxygen atoms in total. The third-order valence-corrected chi connectivity index (χ3v) is 3.96. The average molecular weight is 349 g/mol. The van der Waals surface area contributed by atoms with Crippen molar-refractivity contribution in [2.24, 2.45) is 5.73 Å². The first-order valence-electron chi connectivity index (χ1n) is 4.18. The van der Waals surface area contributed by atoms with Crippen molar-refractivity contribution >= 4 is 43.2 Å². The van der Waals surface area contributed by atoms with Gasteiger partial charge in [0.05, 0.1) is 0 Å². The van der Waals surface area contributed by atoms with Gasteiger partial charge in [-0.2, -0.15) is 0 Å². The topological polar surface area (TPSA) is 51.8 Å². The molecule has 0 aliphatic heterocycles. The highest BCUT2D eigenvalue weighted by Crippen LogP contribution is 2.32. The SMILES string of the molecule is NCc1nnc(-c2cc(Br)ccc2Br)s1. The summed E-state index contributed by atoms with van der Waals surface area (Å²) >= 11 is 8.42. The summed E-state index contributed by atoms with van der Waals surface area (Å²) in [7, 11) is 0. The van der Waals surface area contributed by atoms with Crippen LogP contribution in [0.3, 0.4) is 0 Å². The standard InChI is InChI=1S/C9H7Br2N3S/c10-5-1-2-7(11)6(3-5)9-14-13-8(4-12)15-9/h1-3H,4,12H2. The number of aromatic nitrogens is 2. The first-order valence-corrected chi connectivity index (χ1v) is 6.59. The van der Waals surface area contributed by atoms with Crippen LogP contribution in [0.15, 0.2) is 27.1 Å². The molecule has 0 saturated carbocycles. The van der Waals surface area contributed by atoms with Crippen LogP contribution in [0.2, 0.25) is 0 Å². The van der Waals surface area contributed by atoms with Crippen molar-refractivity contribution in [3.63, 3.8) is 0 Å². The highest BCUT2D eigenvalue weighted by molar-refractivity contribution is 9.11. The zero-order chi connectivity index (χ0) is 10.8. The monoisotopic (exact) mass is 347 g/mol. The molecule has 0 spiro atoms. The van der Waals surface area contributed by atoms with E-state index >= 15 is 0 Å². The minimum Gasteiger partial charge on any atom is -0.324 e. The van der Waals surface area contributed by atoms with Crippen LogP contribution in [0, 0.1) is 0 Å². The first kappa shape index (κ1) is 11.2. The second-order valence-electron chi connectivity index (χ2n) is 2.83. The van der Waals surface area contributed by atoms with Gasteiger partial charge in [0.25, 0.3) is 0 Å². The third-order valence-electron chi connectivity index (χ3n) is 1.80. The van der Waals surface area contributed by atoms with Gasteiger partial charge in [0, 0.05) is 21.1 Å². The molecule has 78 valence electrons. The molecule has 0 amide bonds. The van der Waals surface area contributed by atoms with Crippen LogP contribution in [0.25, 0.3) is 10.6 Å². The van der Waals surface area contributed by atoms with Crippen LogP contribution in [0.5, 0.6) is 0 Å². The van der Waals surface area contributed by atoms with Crippen LogP contribution in [0.4, 0.5) is 0 Å². The maximum Gasteiger partial charge on any atom is 0.149 e. The quantitative estimate of drug-likeness (QED) is 0.906. The number of hydrogen-bond donors (Lipinski definition) is 1. The molecule has 0 bridgehead atoms. The molecular formula is C9H7Br2N3S. The predicted octanol–water partition coefficient (Wildman–Crippen LogP) is 3.19. The number of nitrogens with two attached hydrogens (primary N) is 1. The van der Waals surface area contributed by atoms with Crippen LogP contribution in [-0.2, 0) is 6.54 Å². The lowest BCUT2D eigenvalue weighted by molar-refractivity contribution is 0.960. The highest BCUT2D eigenvalue weighted by atomic mass is 79.9. The molecule has 2 rings (SSSR count). The van der Waals surface area contributed by atoms with Gasteiger partial charge in [0.1, 0.15) is 10.0 Å². The summed E-state index contributed by atoms with van der Waals surface area (Å²) in [4.78, 5) is 0. The Labute approximate surface area is 108 Å². The molecular weight excluding hydrogens is 342 g/mol. The van der Waals surface area contributed by atoms with Gasteiger partial charge >= 0.3 is 0 Å². The Balaban J connectivity index is 2.48. The van der Waals surface area contributed by atoms with E-state index in [4.69, 9.17) is 5.73 Å². The average Bonchev–Trinajstić information content (AvgIpc) is 2.70. The van der Waals surface area contributed by atoms with E-state index in [1.807, 2.05) is 18.2 Å². The molecule has 6 heteroatoms. The van der Waals surface area contributed by atoms with E-state index in [1.165, 1.54) is 11.3 Å². The van der Waals surface area contributed by atoms with Crippen LogP contribution >= 0.6 is 43.2 Å². The molecule has 1 aromatic carbocycles. The van der Waals surface area contributed by atoms with Crippen molar-refractivity contribution in [3.05, 3.63) is 32.2 Å². The van der Waals surface area contributed by atoms with Crippen LogP contribution in [-0.4, -0.2) is 10.2 Å². The zero-order valence-corrected chi connectivity index (χ0v) is 11.6. The minimum absolute atomic E-state index is 0.434. The van der Waals surface area contributed by atoms with Crippen molar-refractivity contribution in [2.75, 3.05) is 0 Å². The van der Waals surface area contributed by atoms with E-state index in [9.17, 15) is 0 Å². The molecule has 0 fully saturated rings. The molecule has 15 heavy (non-hydrogen) atoms. The summed E-state index contributed by atoms with van der Waals surface area (Å²) in [6.07, 6.45) is 0. The molecule has 1 heterocycles. The first-order chi connectivity index (χ1) is 7.20. The van der Waals surface area contributed by atoms with E-state index in [0.29, 0.717) is 6.54 Å². The number of nitrogens with zero attached hydrogens (tertiary/aromatic N) is 2. The largest absolute Gasteiger partial charge is 0.324 e. The van der Waals surface area contributed by atoms with Crippen molar-refractivity contribution in [1.82, 2.24) is 10.2 Å². The van der Waals surface area contributed by atoms with Crippen LogP contribution < -0.4 is 5.73 Å². The zero-order valence-electron chi connectivity index (χ0n) is 7.58. The maximum atomic E-state index is 5.50. The minimum atomic E-state index is 0.434. The van der Waals surface area contributed by atoms with E-state index in [-0.39, 0.29) is 0 Å². The second kappa shape index (κ2) is 4.69. The molecule has 0 aliphatic rings. The molecule has 1 aromatic heterocycles. The Morgan fingerprint density at radius 2 is 2.07 bits per heavy atom. The summed E-state index contributed by atoms with van der Waals surface area (Å²) in [5.74, 6) is 0. The lowest BCUT2D eigenvalue weighted by Gasteiger charge is -1.99. The van der Waals surface area contributed by atoms with Crippen LogP contribution in [0.1, 0.15) is 5.01 Å². The predicted molar refractivity (Wildman–Crippen MR) is 68.6 cm³/mol. The smallest absolute Gasteiger partial charge is 0.149 e. The van der Waals surface area contributed by atoms with Crippen molar-refractivity contribution in [2.45, 2.75) is 6.54 Å². The Kier molecular flexibility index (Phi) is 3.50. The van der Waals surface area contributed by atoms with Gasteiger partial charge in [-0.1, -0.05) is 43.2 Å². The van der Waals surface area contributed by atoms with E-state index in [2.05, 4.69) is 42.1 Å². The van der Waals surface area contributed by atoms with E-state index in [1.54, 1.807) is 0 Å². The van der Waals surface area contributed by atoms with Gasteiger partial charge in [-0.25, -0.2) is 0 Å². The number of hydrogen-bond acceptors (Lipinski definition) is 4. The molecule has 0 saturated heterocycles. The Morgan fingerprint density at radius 1 is 1.27 bits per heavy atom. The third kappa shape index (κ3) is 2.44. The van der Waals surface area contributed by atoms with Gasteiger partial charge in [0.15, 0.2) is 0 Å². The van der Waals surface area contributed by atoms with Gasteiger partial charge in [-0.05, 0) is 18.2 Å². The van der Waals surface area contributed by atoms with Crippen molar-refractivity contribution in [1.29, 1.82) is 0 Å². The van der Waals surface area contributed by atoms with Crippen molar-refractivity contribution in [3.8, 4) is 10.6 Å². The number of benzene rings is 1. The Hall–Kier alpha value is -0.300. The Morgan fingerprint density at radius 3 is 2.73 bits per heavy atom.